The zero-order chi connectivity index (χ0) is 13.5. The molecule has 0 aliphatic rings. The second kappa shape index (κ2) is 6.58. The SMILES string of the molecule is Cc1cc(F)ccc1CCNC(=O)C/C(N)=N/O. The van der Waals surface area contributed by atoms with Crippen LogP contribution in [0.1, 0.15) is 17.5 Å². The number of rotatable bonds is 5. The number of amides is 1. The van der Waals surface area contributed by atoms with Gasteiger partial charge in [-0.3, -0.25) is 4.79 Å². The molecule has 0 spiro atoms. The first-order valence-electron chi connectivity index (χ1n) is 5.51. The van der Waals surface area contributed by atoms with Gasteiger partial charge < -0.3 is 16.3 Å². The number of nitrogens with two attached hydrogens (primary N) is 1. The van der Waals surface area contributed by atoms with Crippen molar-refractivity contribution in [3.63, 3.8) is 0 Å². The van der Waals surface area contributed by atoms with Gasteiger partial charge in [-0.25, -0.2) is 4.39 Å². The maximum Gasteiger partial charge on any atom is 0.227 e. The van der Waals surface area contributed by atoms with Crippen LogP contribution in [-0.4, -0.2) is 23.5 Å². The third-order valence-corrected chi connectivity index (χ3v) is 2.49. The summed E-state index contributed by atoms with van der Waals surface area (Å²) < 4.78 is 12.9. The Morgan fingerprint density at radius 2 is 2.28 bits per heavy atom. The Morgan fingerprint density at radius 3 is 2.89 bits per heavy atom. The van der Waals surface area contributed by atoms with Crippen LogP contribution in [0.4, 0.5) is 4.39 Å². The van der Waals surface area contributed by atoms with Crippen LogP contribution >= 0.6 is 0 Å². The maximum atomic E-state index is 12.9. The van der Waals surface area contributed by atoms with Gasteiger partial charge in [0.1, 0.15) is 11.7 Å². The Labute approximate surface area is 104 Å². The molecule has 5 nitrogen and oxygen atoms in total. The van der Waals surface area contributed by atoms with E-state index in [9.17, 15) is 9.18 Å². The van der Waals surface area contributed by atoms with Crippen molar-refractivity contribution in [1.29, 1.82) is 0 Å². The summed E-state index contributed by atoms with van der Waals surface area (Å²) in [4.78, 5) is 11.3. The summed E-state index contributed by atoms with van der Waals surface area (Å²) in [5.41, 5.74) is 7.02. The van der Waals surface area contributed by atoms with Crippen LogP contribution in [0, 0.1) is 12.7 Å². The van der Waals surface area contributed by atoms with Crippen LogP contribution in [0.3, 0.4) is 0 Å². The van der Waals surface area contributed by atoms with Crippen LogP contribution in [0.25, 0.3) is 0 Å². The lowest BCUT2D eigenvalue weighted by Crippen LogP contribution is -2.30. The van der Waals surface area contributed by atoms with E-state index >= 15 is 0 Å². The first kappa shape index (κ1) is 14.0. The van der Waals surface area contributed by atoms with Crippen molar-refractivity contribution < 1.29 is 14.4 Å². The second-order valence-electron chi connectivity index (χ2n) is 3.94. The molecule has 0 heterocycles. The van der Waals surface area contributed by atoms with Crippen LogP contribution in [0.2, 0.25) is 0 Å². The Balaban J connectivity index is 2.40. The molecule has 0 fully saturated rings. The van der Waals surface area contributed by atoms with Gasteiger partial charge >= 0.3 is 0 Å². The smallest absolute Gasteiger partial charge is 0.227 e. The van der Waals surface area contributed by atoms with Crippen LogP contribution < -0.4 is 11.1 Å². The molecule has 0 saturated carbocycles. The van der Waals surface area contributed by atoms with E-state index in [0.29, 0.717) is 13.0 Å². The summed E-state index contributed by atoms with van der Waals surface area (Å²) in [5, 5.41) is 13.6. The molecule has 4 N–H and O–H groups in total. The summed E-state index contributed by atoms with van der Waals surface area (Å²) in [5.74, 6) is -0.720. The zero-order valence-electron chi connectivity index (χ0n) is 10.1. The van der Waals surface area contributed by atoms with E-state index in [2.05, 4.69) is 10.5 Å². The Bertz CT molecular complexity index is 461. The molecule has 0 saturated heterocycles. The predicted molar refractivity (Wildman–Crippen MR) is 65.9 cm³/mol. The summed E-state index contributed by atoms with van der Waals surface area (Å²) in [6.07, 6.45) is 0.465. The molecule has 98 valence electrons. The van der Waals surface area contributed by atoms with E-state index in [0.717, 1.165) is 11.1 Å². The van der Waals surface area contributed by atoms with Crippen LogP contribution in [0.15, 0.2) is 23.4 Å². The highest BCUT2D eigenvalue weighted by atomic mass is 19.1. The molecule has 1 amide bonds. The average Bonchev–Trinajstić information content (AvgIpc) is 2.31. The lowest BCUT2D eigenvalue weighted by Gasteiger charge is -2.07. The number of nitrogens with zero attached hydrogens (tertiary/aromatic N) is 1. The normalized spacial score (nSPS) is 11.3. The van der Waals surface area contributed by atoms with E-state index in [1.807, 2.05) is 6.92 Å². The number of carbonyl (C=O) groups is 1. The Morgan fingerprint density at radius 1 is 1.56 bits per heavy atom. The lowest BCUT2D eigenvalue weighted by atomic mass is 10.1. The van der Waals surface area contributed by atoms with Crippen molar-refractivity contribution in [3.8, 4) is 0 Å². The number of halogens is 1. The van der Waals surface area contributed by atoms with Crippen molar-refractivity contribution >= 4 is 11.7 Å². The van der Waals surface area contributed by atoms with Crippen molar-refractivity contribution in [3.05, 3.63) is 35.1 Å². The third kappa shape index (κ3) is 4.40. The molecule has 6 heteroatoms. The maximum absolute atomic E-state index is 12.9. The minimum absolute atomic E-state index is 0.134. The second-order valence-corrected chi connectivity index (χ2v) is 3.94. The number of benzene rings is 1. The van der Waals surface area contributed by atoms with Gasteiger partial charge in [-0.1, -0.05) is 11.2 Å². The number of nitrogens with one attached hydrogen (secondary N) is 1. The fraction of sp³-hybridized carbons (Fsp3) is 0.333. The highest BCUT2D eigenvalue weighted by Crippen LogP contribution is 2.10. The topological polar surface area (TPSA) is 87.7 Å². The minimum atomic E-state index is -0.315. The minimum Gasteiger partial charge on any atom is -0.409 e. The number of amidine groups is 1. The Kier molecular flexibility index (Phi) is 5.10. The number of hydrogen-bond acceptors (Lipinski definition) is 3. The Hall–Kier alpha value is -2.11. The summed E-state index contributed by atoms with van der Waals surface area (Å²) in [6, 6.07) is 4.54. The molecule has 0 unspecified atom stereocenters. The van der Waals surface area contributed by atoms with Gasteiger partial charge in [0.25, 0.3) is 0 Å². The summed E-state index contributed by atoms with van der Waals surface area (Å²) >= 11 is 0. The number of hydrogen-bond donors (Lipinski definition) is 3. The monoisotopic (exact) mass is 253 g/mol. The van der Waals surface area contributed by atoms with E-state index in [1.54, 1.807) is 6.07 Å². The van der Waals surface area contributed by atoms with E-state index in [4.69, 9.17) is 10.9 Å². The number of oxime groups is 1. The van der Waals surface area contributed by atoms with Crippen molar-refractivity contribution in [2.24, 2.45) is 10.9 Å². The molecule has 1 aromatic rings. The third-order valence-electron chi connectivity index (χ3n) is 2.49. The molecular formula is C12H16FN3O2. The molecule has 0 bridgehead atoms. The summed E-state index contributed by atoms with van der Waals surface area (Å²) in [6.45, 7) is 2.24. The highest BCUT2D eigenvalue weighted by molar-refractivity contribution is 5.98. The predicted octanol–water partition coefficient (Wildman–Crippen LogP) is 0.929. The van der Waals surface area contributed by atoms with E-state index in [1.165, 1.54) is 12.1 Å². The zero-order valence-corrected chi connectivity index (χ0v) is 10.1. The highest BCUT2D eigenvalue weighted by Gasteiger charge is 2.05. The lowest BCUT2D eigenvalue weighted by molar-refractivity contribution is -0.119. The summed E-state index contributed by atoms with van der Waals surface area (Å²) in [7, 11) is 0. The average molecular weight is 253 g/mol. The van der Waals surface area contributed by atoms with E-state index < -0.39 is 0 Å². The molecule has 1 rings (SSSR count). The standard InChI is InChI=1S/C12H16FN3O2/c1-8-6-10(13)3-2-9(8)4-5-15-12(17)7-11(14)16-18/h2-3,6,18H,4-5,7H2,1H3,(H2,14,16)(H,15,17). The quantitative estimate of drug-likeness (QED) is 0.316. The largest absolute Gasteiger partial charge is 0.409 e. The van der Waals surface area contributed by atoms with Crippen molar-refractivity contribution in [2.45, 2.75) is 19.8 Å². The fourth-order valence-corrected chi connectivity index (χ4v) is 1.54. The molecule has 0 aromatic heterocycles. The number of aryl methyl sites for hydroxylation is 1. The van der Waals surface area contributed by atoms with Gasteiger partial charge in [-0.2, -0.15) is 0 Å². The van der Waals surface area contributed by atoms with Gasteiger partial charge in [-0.05, 0) is 36.6 Å². The molecule has 0 aliphatic heterocycles. The van der Waals surface area contributed by atoms with Gasteiger partial charge in [-0.15, -0.1) is 0 Å². The van der Waals surface area contributed by atoms with Crippen molar-refractivity contribution in [1.82, 2.24) is 5.32 Å². The molecule has 0 aliphatic carbocycles. The van der Waals surface area contributed by atoms with Gasteiger partial charge in [0.05, 0.1) is 6.42 Å². The molecule has 1 aromatic carbocycles. The van der Waals surface area contributed by atoms with Crippen LogP contribution in [-0.2, 0) is 11.2 Å². The first-order valence-corrected chi connectivity index (χ1v) is 5.51. The van der Waals surface area contributed by atoms with Gasteiger partial charge in [0.15, 0.2) is 0 Å². The first-order chi connectivity index (χ1) is 8.52. The van der Waals surface area contributed by atoms with Crippen LogP contribution in [0.5, 0.6) is 0 Å². The molecule has 18 heavy (non-hydrogen) atoms. The molecule has 0 atom stereocenters. The van der Waals surface area contributed by atoms with Gasteiger partial charge in [0.2, 0.25) is 5.91 Å². The van der Waals surface area contributed by atoms with Crippen molar-refractivity contribution in [2.75, 3.05) is 6.54 Å². The fourth-order valence-electron chi connectivity index (χ4n) is 1.54. The molecule has 0 radical (unpaired) electrons. The van der Waals surface area contributed by atoms with E-state index in [-0.39, 0.29) is 24.0 Å². The van der Waals surface area contributed by atoms with Gasteiger partial charge in [0, 0.05) is 6.54 Å². The molecular weight excluding hydrogens is 237 g/mol. The number of carbonyl (C=O) groups excluding carboxylic acids is 1.